The van der Waals surface area contributed by atoms with Crippen LogP contribution in [0, 0.1) is 0 Å². The van der Waals surface area contributed by atoms with E-state index in [1.807, 2.05) is 0 Å². The number of alkyl halides is 1. The molecule has 0 heterocycles. The van der Waals surface area contributed by atoms with Crippen molar-refractivity contribution in [3.8, 4) is 0 Å². The number of unbranched alkanes of at least 4 members (excludes halogenated alkanes) is 4. The number of hydrogen-bond donors (Lipinski definition) is 0. The van der Waals surface area contributed by atoms with Gasteiger partial charge in [0.05, 0.1) is 72.7 Å². The molecular weight excluding hydrogens is 404 g/mol. The van der Waals surface area contributed by atoms with Gasteiger partial charge in [-0.05, 0) is 6.42 Å². The minimum Gasteiger partial charge on any atom is -0.379 e. The van der Waals surface area contributed by atoms with E-state index in [2.05, 4.69) is 22.9 Å². The van der Waals surface area contributed by atoms with Crippen LogP contribution in [0.2, 0.25) is 0 Å². The predicted molar refractivity (Wildman–Crippen MR) is 107 cm³/mol. The fourth-order valence-electron chi connectivity index (χ4n) is 2.06. The van der Waals surface area contributed by atoms with Crippen molar-refractivity contribution in [2.24, 2.45) is 0 Å². The molecule has 158 valence electrons. The Morgan fingerprint density at radius 2 is 0.769 bits per heavy atom. The molecule has 0 radical (unpaired) electrons. The summed E-state index contributed by atoms with van der Waals surface area (Å²) in [6.07, 6.45) is 6.35. The van der Waals surface area contributed by atoms with E-state index in [-0.39, 0.29) is 0 Å². The molecule has 0 saturated carbocycles. The number of ether oxygens (including phenoxy) is 6. The van der Waals surface area contributed by atoms with Gasteiger partial charge in [-0.15, -0.1) is 0 Å². The first kappa shape index (κ1) is 26.2. The van der Waals surface area contributed by atoms with E-state index >= 15 is 0 Å². The van der Waals surface area contributed by atoms with Gasteiger partial charge in [-0.3, -0.25) is 0 Å². The molecule has 26 heavy (non-hydrogen) atoms. The first-order valence-corrected chi connectivity index (χ1v) is 11.1. The van der Waals surface area contributed by atoms with Crippen LogP contribution in [0.25, 0.3) is 0 Å². The van der Waals surface area contributed by atoms with Gasteiger partial charge in [0.2, 0.25) is 0 Å². The average Bonchev–Trinajstić information content (AvgIpc) is 2.66. The third-order valence-electron chi connectivity index (χ3n) is 3.47. The lowest BCUT2D eigenvalue weighted by atomic mass is 10.2. The van der Waals surface area contributed by atoms with Crippen molar-refractivity contribution in [1.29, 1.82) is 0 Å². The topological polar surface area (TPSA) is 55.4 Å². The first-order chi connectivity index (χ1) is 12.9. The normalized spacial score (nSPS) is 11.3. The zero-order valence-electron chi connectivity index (χ0n) is 16.6. The molecule has 0 fully saturated rings. The van der Waals surface area contributed by atoms with Crippen LogP contribution in [0.1, 0.15) is 39.0 Å². The van der Waals surface area contributed by atoms with Crippen molar-refractivity contribution in [1.82, 2.24) is 0 Å². The van der Waals surface area contributed by atoms with Crippen LogP contribution in [0.15, 0.2) is 0 Å². The van der Waals surface area contributed by atoms with Gasteiger partial charge in [-0.1, -0.05) is 48.5 Å². The van der Waals surface area contributed by atoms with Gasteiger partial charge in [0.15, 0.2) is 0 Å². The van der Waals surface area contributed by atoms with E-state index < -0.39 is 0 Å². The molecule has 0 unspecified atom stereocenters. The molecule has 0 aromatic heterocycles. The van der Waals surface area contributed by atoms with Crippen molar-refractivity contribution >= 4 is 15.9 Å². The molecule has 6 nitrogen and oxygen atoms in total. The lowest BCUT2D eigenvalue weighted by Gasteiger charge is -2.08. The van der Waals surface area contributed by atoms with Gasteiger partial charge in [0.1, 0.15) is 0 Å². The highest BCUT2D eigenvalue weighted by Crippen LogP contribution is 2.02. The minimum atomic E-state index is 0.574. The molecule has 0 saturated heterocycles. The molecule has 0 amide bonds. The first-order valence-electron chi connectivity index (χ1n) is 9.94. The second-order valence-electron chi connectivity index (χ2n) is 5.78. The van der Waals surface area contributed by atoms with Crippen LogP contribution in [0.3, 0.4) is 0 Å². The Morgan fingerprint density at radius 1 is 0.423 bits per heavy atom. The number of halogens is 1. The monoisotopic (exact) mass is 442 g/mol. The van der Waals surface area contributed by atoms with Crippen molar-refractivity contribution in [3.63, 3.8) is 0 Å². The summed E-state index contributed by atoms with van der Waals surface area (Å²) in [4.78, 5) is 0. The summed E-state index contributed by atoms with van der Waals surface area (Å²) >= 11 is 3.30. The molecular formula is C19H39BrO6. The summed E-state index contributed by atoms with van der Waals surface area (Å²) in [5.74, 6) is 0. The summed E-state index contributed by atoms with van der Waals surface area (Å²) in [5.41, 5.74) is 0. The van der Waals surface area contributed by atoms with Crippen molar-refractivity contribution in [2.45, 2.75) is 39.0 Å². The van der Waals surface area contributed by atoms with Crippen LogP contribution >= 0.6 is 15.9 Å². The van der Waals surface area contributed by atoms with Gasteiger partial charge in [0, 0.05) is 11.9 Å². The van der Waals surface area contributed by atoms with E-state index in [9.17, 15) is 0 Å². The lowest BCUT2D eigenvalue weighted by molar-refractivity contribution is -0.0162. The molecule has 0 rings (SSSR count). The Bertz CT molecular complexity index is 222. The molecule has 0 aromatic rings. The van der Waals surface area contributed by atoms with Gasteiger partial charge in [-0.2, -0.15) is 0 Å². The average molecular weight is 443 g/mol. The standard InChI is InChI=1S/C19H39BrO6/c1-2-3-4-5-6-8-21-10-12-23-14-16-25-18-19-26-17-15-24-13-11-22-9-7-20/h2-19H2,1H3. The van der Waals surface area contributed by atoms with Gasteiger partial charge < -0.3 is 28.4 Å². The molecule has 0 aromatic carbocycles. The fourth-order valence-corrected chi connectivity index (χ4v) is 2.29. The Labute approximate surface area is 168 Å². The van der Waals surface area contributed by atoms with Crippen molar-refractivity contribution in [2.75, 3.05) is 84.6 Å². The number of rotatable bonds is 23. The Hall–Kier alpha value is 0.240. The van der Waals surface area contributed by atoms with Gasteiger partial charge in [0.25, 0.3) is 0 Å². The van der Waals surface area contributed by atoms with Gasteiger partial charge >= 0.3 is 0 Å². The summed E-state index contributed by atoms with van der Waals surface area (Å²) in [7, 11) is 0. The highest BCUT2D eigenvalue weighted by atomic mass is 79.9. The summed E-state index contributed by atoms with van der Waals surface area (Å²) < 4.78 is 32.5. The Morgan fingerprint density at radius 3 is 1.15 bits per heavy atom. The minimum absolute atomic E-state index is 0.574. The van der Waals surface area contributed by atoms with E-state index in [0.29, 0.717) is 72.7 Å². The van der Waals surface area contributed by atoms with E-state index in [4.69, 9.17) is 28.4 Å². The second-order valence-corrected chi connectivity index (χ2v) is 6.57. The third-order valence-corrected chi connectivity index (χ3v) is 3.80. The Kier molecular flexibility index (Phi) is 25.5. The largest absolute Gasteiger partial charge is 0.379 e. The van der Waals surface area contributed by atoms with Crippen molar-refractivity contribution in [3.05, 3.63) is 0 Å². The zero-order valence-corrected chi connectivity index (χ0v) is 18.1. The molecule has 0 aliphatic heterocycles. The maximum absolute atomic E-state index is 5.53. The highest BCUT2D eigenvalue weighted by molar-refractivity contribution is 9.09. The smallest absolute Gasteiger partial charge is 0.0701 e. The lowest BCUT2D eigenvalue weighted by Crippen LogP contribution is -2.14. The molecule has 0 atom stereocenters. The van der Waals surface area contributed by atoms with Crippen LogP contribution in [0.4, 0.5) is 0 Å². The maximum Gasteiger partial charge on any atom is 0.0701 e. The highest BCUT2D eigenvalue weighted by Gasteiger charge is 1.94. The van der Waals surface area contributed by atoms with Crippen LogP contribution in [0.5, 0.6) is 0 Å². The molecule has 0 bridgehead atoms. The molecule has 7 heteroatoms. The Balaban J connectivity index is 2.95. The van der Waals surface area contributed by atoms with Crippen LogP contribution in [-0.4, -0.2) is 84.6 Å². The van der Waals surface area contributed by atoms with E-state index in [1.54, 1.807) is 0 Å². The van der Waals surface area contributed by atoms with Crippen molar-refractivity contribution < 1.29 is 28.4 Å². The third kappa shape index (κ3) is 24.2. The maximum atomic E-state index is 5.53. The van der Waals surface area contributed by atoms with Gasteiger partial charge in [-0.25, -0.2) is 0 Å². The molecule has 0 aliphatic carbocycles. The molecule has 0 spiro atoms. The SMILES string of the molecule is CCCCCCCOCCOCCOCCOCCOCCOCCBr. The summed E-state index contributed by atoms with van der Waals surface area (Å²) in [5, 5.41) is 0.855. The van der Waals surface area contributed by atoms with E-state index in [0.717, 1.165) is 18.4 Å². The van der Waals surface area contributed by atoms with Crippen LogP contribution in [-0.2, 0) is 28.4 Å². The molecule has 0 N–H and O–H groups in total. The number of hydrogen-bond acceptors (Lipinski definition) is 6. The zero-order chi connectivity index (χ0) is 19.0. The predicted octanol–water partition coefficient (Wildman–Crippen LogP) is 3.45. The molecule has 0 aliphatic rings. The van der Waals surface area contributed by atoms with Crippen LogP contribution < -0.4 is 0 Å². The van der Waals surface area contributed by atoms with E-state index in [1.165, 1.54) is 25.7 Å². The summed E-state index contributed by atoms with van der Waals surface area (Å²) in [6, 6.07) is 0. The second kappa shape index (κ2) is 25.2. The fraction of sp³-hybridized carbons (Fsp3) is 1.00. The summed E-state index contributed by atoms with van der Waals surface area (Å²) in [6.45, 7) is 9.80. The quantitative estimate of drug-likeness (QED) is 0.178.